The molecule has 0 aliphatic heterocycles. The molecule has 0 bridgehead atoms. The van der Waals surface area contributed by atoms with Crippen molar-refractivity contribution in [3.8, 4) is 0 Å². The third kappa shape index (κ3) is 2.62. The number of halogens is 2. The van der Waals surface area contributed by atoms with Gasteiger partial charge >= 0.3 is 0 Å². The zero-order valence-electron chi connectivity index (χ0n) is 8.93. The molecule has 0 unspecified atom stereocenters. The van der Waals surface area contributed by atoms with Crippen LogP contribution in [0.5, 0.6) is 0 Å². The molecule has 1 amide bonds. The third-order valence-corrected chi connectivity index (χ3v) is 2.01. The summed E-state index contributed by atoms with van der Waals surface area (Å²) in [6.45, 7) is 2.45. The van der Waals surface area contributed by atoms with E-state index >= 15 is 0 Å². The van der Waals surface area contributed by atoms with Gasteiger partial charge in [-0.05, 0) is 25.5 Å². The van der Waals surface area contributed by atoms with E-state index < -0.39 is 23.1 Å². The Morgan fingerprint density at radius 2 is 1.94 bits per heavy atom. The molecular weight excluding hydrogens is 216 g/mol. The Hall–Kier alpha value is -1.78. The van der Waals surface area contributed by atoms with Crippen molar-refractivity contribution in [3.05, 3.63) is 34.9 Å². The molecule has 0 aromatic heterocycles. The molecule has 0 aliphatic carbocycles. The van der Waals surface area contributed by atoms with E-state index in [1.165, 1.54) is 19.9 Å². The summed E-state index contributed by atoms with van der Waals surface area (Å²) in [5.41, 5.74) is -0.476. The highest BCUT2D eigenvalue weighted by molar-refractivity contribution is 5.97. The van der Waals surface area contributed by atoms with Crippen molar-refractivity contribution in [1.29, 1.82) is 0 Å². The second-order valence-corrected chi connectivity index (χ2v) is 3.44. The van der Waals surface area contributed by atoms with E-state index in [0.717, 1.165) is 6.07 Å². The van der Waals surface area contributed by atoms with Gasteiger partial charge in [0.15, 0.2) is 0 Å². The van der Waals surface area contributed by atoms with E-state index in [1.807, 2.05) is 0 Å². The van der Waals surface area contributed by atoms with E-state index in [0.29, 0.717) is 0 Å². The average Bonchev–Trinajstić information content (AvgIpc) is 2.21. The first-order chi connectivity index (χ1) is 7.43. The number of aryl methyl sites for hydroxylation is 1. The third-order valence-electron chi connectivity index (χ3n) is 2.01. The molecule has 0 aliphatic rings. The Bertz CT molecular complexity index is 444. The van der Waals surface area contributed by atoms with Gasteiger partial charge in [-0.2, -0.15) is 0 Å². The Morgan fingerprint density at radius 1 is 1.31 bits per heavy atom. The first-order valence-electron chi connectivity index (χ1n) is 4.65. The largest absolute Gasteiger partial charge is 0.345 e. The molecule has 0 saturated carbocycles. The van der Waals surface area contributed by atoms with Crippen molar-refractivity contribution >= 4 is 11.7 Å². The fourth-order valence-corrected chi connectivity index (χ4v) is 1.16. The predicted molar refractivity (Wildman–Crippen MR) is 54.1 cm³/mol. The Morgan fingerprint density at radius 3 is 2.50 bits per heavy atom. The molecule has 86 valence electrons. The summed E-state index contributed by atoms with van der Waals surface area (Å²) in [6.07, 6.45) is 0. The van der Waals surface area contributed by atoms with Gasteiger partial charge in [0.25, 0.3) is 5.91 Å². The lowest BCUT2D eigenvalue weighted by Gasteiger charge is -2.07. The van der Waals surface area contributed by atoms with Crippen LogP contribution in [0.1, 0.15) is 22.8 Å². The number of hydrogen-bond donors (Lipinski definition) is 1. The predicted octanol–water partition coefficient (Wildman–Crippen LogP) is 1.59. The van der Waals surface area contributed by atoms with Gasteiger partial charge in [0.05, 0.1) is 6.54 Å². The molecule has 0 saturated heterocycles. The Balaban J connectivity index is 2.99. The van der Waals surface area contributed by atoms with Crippen molar-refractivity contribution in [2.24, 2.45) is 0 Å². The van der Waals surface area contributed by atoms with Crippen LogP contribution in [0.4, 0.5) is 8.78 Å². The van der Waals surface area contributed by atoms with Gasteiger partial charge in [0.1, 0.15) is 23.0 Å². The monoisotopic (exact) mass is 227 g/mol. The van der Waals surface area contributed by atoms with Crippen LogP contribution < -0.4 is 5.32 Å². The number of rotatable bonds is 3. The minimum atomic E-state index is -0.941. The second kappa shape index (κ2) is 4.83. The minimum Gasteiger partial charge on any atom is -0.345 e. The standard InChI is InChI=1S/C11H11F2NO2/c1-6-3-4-8(12)9(10(6)13)11(16)14-5-7(2)15/h3-4H,5H2,1-2H3,(H,14,16). The topological polar surface area (TPSA) is 46.2 Å². The summed E-state index contributed by atoms with van der Waals surface area (Å²) < 4.78 is 26.7. The zero-order valence-corrected chi connectivity index (χ0v) is 8.93. The Kier molecular flexibility index (Phi) is 3.71. The molecular formula is C11H11F2NO2. The molecule has 1 rings (SSSR count). The fraction of sp³-hybridized carbons (Fsp3) is 0.273. The number of amides is 1. The first kappa shape index (κ1) is 12.3. The molecule has 0 heterocycles. The van der Waals surface area contributed by atoms with Crippen LogP contribution in [0, 0.1) is 18.6 Å². The summed E-state index contributed by atoms with van der Waals surface area (Å²) in [4.78, 5) is 22.0. The van der Waals surface area contributed by atoms with E-state index in [-0.39, 0.29) is 17.9 Å². The maximum absolute atomic E-state index is 13.5. The first-order valence-corrected chi connectivity index (χ1v) is 4.65. The van der Waals surface area contributed by atoms with E-state index in [2.05, 4.69) is 5.32 Å². The molecule has 1 N–H and O–H groups in total. The maximum Gasteiger partial charge on any atom is 0.257 e. The van der Waals surface area contributed by atoms with Gasteiger partial charge in [-0.1, -0.05) is 6.07 Å². The SMILES string of the molecule is CC(=O)CNC(=O)c1c(F)ccc(C)c1F. The number of Topliss-reactive ketones (excluding diaryl/α,β-unsaturated/α-hetero) is 1. The normalized spacial score (nSPS) is 10.0. The summed E-state index contributed by atoms with van der Waals surface area (Å²) in [6, 6.07) is 2.26. The van der Waals surface area contributed by atoms with Crippen molar-refractivity contribution in [3.63, 3.8) is 0 Å². The van der Waals surface area contributed by atoms with Crippen LogP contribution in [0.3, 0.4) is 0 Å². The van der Waals surface area contributed by atoms with Gasteiger partial charge in [-0.15, -0.1) is 0 Å². The lowest BCUT2D eigenvalue weighted by Crippen LogP contribution is -2.30. The van der Waals surface area contributed by atoms with Gasteiger partial charge in [-0.3, -0.25) is 9.59 Å². The molecule has 0 radical (unpaired) electrons. The summed E-state index contributed by atoms with van der Waals surface area (Å²) in [7, 11) is 0. The molecule has 1 aromatic carbocycles. The number of benzene rings is 1. The molecule has 5 heteroatoms. The highest BCUT2D eigenvalue weighted by atomic mass is 19.1. The number of hydrogen-bond acceptors (Lipinski definition) is 2. The van der Waals surface area contributed by atoms with Crippen molar-refractivity contribution in [2.45, 2.75) is 13.8 Å². The average molecular weight is 227 g/mol. The number of nitrogens with one attached hydrogen (secondary N) is 1. The summed E-state index contributed by atoms with van der Waals surface area (Å²) >= 11 is 0. The van der Waals surface area contributed by atoms with Crippen LogP contribution in [-0.4, -0.2) is 18.2 Å². The van der Waals surface area contributed by atoms with Crippen molar-refractivity contribution in [1.82, 2.24) is 5.32 Å². The maximum atomic E-state index is 13.5. The van der Waals surface area contributed by atoms with Crippen LogP contribution in [0.15, 0.2) is 12.1 Å². The van der Waals surface area contributed by atoms with E-state index in [1.54, 1.807) is 0 Å². The Labute approximate surface area is 91.5 Å². The number of ketones is 1. The minimum absolute atomic E-state index is 0.175. The molecule has 1 aromatic rings. The summed E-state index contributed by atoms with van der Waals surface area (Å²) in [5, 5.41) is 2.14. The highest BCUT2D eigenvalue weighted by Gasteiger charge is 2.18. The van der Waals surface area contributed by atoms with Gasteiger partial charge in [-0.25, -0.2) is 8.78 Å². The van der Waals surface area contributed by atoms with E-state index in [9.17, 15) is 18.4 Å². The van der Waals surface area contributed by atoms with Crippen molar-refractivity contribution < 1.29 is 18.4 Å². The second-order valence-electron chi connectivity index (χ2n) is 3.44. The quantitative estimate of drug-likeness (QED) is 0.852. The lowest BCUT2D eigenvalue weighted by molar-refractivity contribution is -0.116. The van der Waals surface area contributed by atoms with Crippen LogP contribution in [-0.2, 0) is 4.79 Å². The van der Waals surface area contributed by atoms with Gasteiger partial charge in [0, 0.05) is 0 Å². The van der Waals surface area contributed by atoms with Crippen LogP contribution in [0.2, 0.25) is 0 Å². The molecule has 16 heavy (non-hydrogen) atoms. The van der Waals surface area contributed by atoms with Gasteiger partial charge < -0.3 is 5.32 Å². The number of carbonyl (C=O) groups is 2. The van der Waals surface area contributed by atoms with Crippen molar-refractivity contribution in [2.75, 3.05) is 6.54 Å². The summed E-state index contributed by atoms with van der Waals surface area (Å²) in [5.74, 6) is -3.05. The molecule has 0 spiro atoms. The smallest absolute Gasteiger partial charge is 0.257 e. The lowest BCUT2D eigenvalue weighted by atomic mass is 10.1. The van der Waals surface area contributed by atoms with E-state index in [4.69, 9.17) is 0 Å². The van der Waals surface area contributed by atoms with Crippen LogP contribution in [0.25, 0.3) is 0 Å². The molecule has 3 nitrogen and oxygen atoms in total. The van der Waals surface area contributed by atoms with Crippen LogP contribution >= 0.6 is 0 Å². The van der Waals surface area contributed by atoms with Gasteiger partial charge in [0.2, 0.25) is 0 Å². The molecule has 0 fully saturated rings. The highest BCUT2D eigenvalue weighted by Crippen LogP contribution is 2.15. The fourth-order valence-electron chi connectivity index (χ4n) is 1.16. The zero-order chi connectivity index (χ0) is 12.3. The molecule has 0 atom stereocenters. The number of carbonyl (C=O) groups excluding carboxylic acids is 2.